The molecule has 3 aromatic rings. The topological polar surface area (TPSA) is 127 Å². The third-order valence-electron chi connectivity index (χ3n) is 9.38. The van der Waals surface area contributed by atoms with Gasteiger partial charge in [0.05, 0.1) is 17.8 Å². The van der Waals surface area contributed by atoms with Gasteiger partial charge in [-0.3, -0.25) is 14.4 Å². The monoisotopic (exact) mass is 726 g/mol. The predicted octanol–water partition coefficient (Wildman–Crippen LogP) is 6.80. The van der Waals surface area contributed by atoms with Crippen molar-refractivity contribution in [3.63, 3.8) is 0 Å². The number of benzene rings is 2. The van der Waals surface area contributed by atoms with Crippen molar-refractivity contribution >= 4 is 46.4 Å². The van der Waals surface area contributed by atoms with Crippen LogP contribution in [0.2, 0.25) is 0 Å². The second kappa shape index (κ2) is 16.4. The van der Waals surface area contributed by atoms with Crippen molar-refractivity contribution in [1.29, 1.82) is 0 Å². The number of hydrogen-bond donors (Lipinski definition) is 2. The average Bonchev–Trinajstić information content (AvgIpc) is 3.66. The minimum atomic E-state index is -1.05. The van der Waals surface area contributed by atoms with Gasteiger partial charge < -0.3 is 25.0 Å². The molecule has 1 aromatic heterocycles. The smallest absolute Gasteiger partial charge is 0.408 e. The highest BCUT2D eigenvalue weighted by Crippen LogP contribution is 2.45. The van der Waals surface area contributed by atoms with Crippen molar-refractivity contribution in [1.82, 2.24) is 20.5 Å². The van der Waals surface area contributed by atoms with Gasteiger partial charge in [0.1, 0.15) is 35.1 Å². The van der Waals surface area contributed by atoms with Crippen LogP contribution < -0.4 is 15.4 Å². The molecule has 0 bridgehead atoms. The van der Waals surface area contributed by atoms with Gasteiger partial charge >= 0.3 is 6.09 Å². The van der Waals surface area contributed by atoms with Crippen molar-refractivity contribution in [2.45, 2.75) is 89.6 Å². The zero-order valence-corrected chi connectivity index (χ0v) is 31.6. The number of amides is 3. The van der Waals surface area contributed by atoms with E-state index < -0.39 is 47.2 Å². The second-order valence-corrected chi connectivity index (χ2v) is 15.8. The fraction of sp³-hybridized carbons (Fsp3) is 0.439. The number of ketones is 1. The highest BCUT2D eigenvalue weighted by Gasteiger charge is 2.58. The van der Waals surface area contributed by atoms with E-state index in [-0.39, 0.29) is 30.4 Å². The Morgan fingerprint density at radius 2 is 1.87 bits per heavy atom. The molecule has 1 aliphatic heterocycles. The lowest BCUT2D eigenvalue weighted by Gasteiger charge is -2.30. The van der Waals surface area contributed by atoms with Crippen molar-refractivity contribution < 1.29 is 28.7 Å². The normalized spacial score (nSPS) is 21.6. The number of Topliss-reactive ketones (excluding diaryl/α,β-unsaturated/α-hetero) is 1. The summed E-state index contributed by atoms with van der Waals surface area (Å²) < 4.78 is 12.2. The lowest BCUT2D eigenvalue weighted by Crippen LogP contribution is -2.57. The van der Waals surface area contributed by atoms with Crippen LogP contribution in [0, 0.1) is 12.8 Å². The molecule has 1 saturated heterocycles. The summed E-state index contributed by atoms with van der Waals surface area (Å²) in [5.74, 6) is 0.373. The zero-order valence-electron chi connectivity index (χ0n) is 30.8. The van der Waals surface area contributed by atoms with Crippen LogP contribution in [-0.4, -0.2) is 81.0 Å². The number of ether oxygens (including phenoxy) is 2. The number of nitrogens with zero attached hydrogens (tertiary/aromatic N) is 2. The van der Waals surface area contributed by atoms with Crippen LogP contribution in [-0.2, 0) is 19.1 Å². The summed E-state index contributed by atoms with van der Waals surface area (Å²) in [5, 5.41) is 6.56. The number of unbranched alkanes of at least 4 members (excludes halogenated alkanes) is 1. The molecule has 11 heteroatoms. The number of allylic oxidation sites excluding steroid dienone is 1. The number of hydrogen-bond acceptors (Lipinski definition) is 8. The maximum absolute atomic E-state index is 14.5. The number of aromatic nitrogens is 1. The van der Waals surface area contributed by atoms with E-state index in [1.807, 2.05) is 67.6 Å². The van der Waals surface area contributed by atoms with Crippen LogP contribution in [0.25, 0.3) is 22.2 Å². The maximum atomic E-state index is 14.5. The summed E-state index contributed by atoms with van der Waals surface area (Å²) in [7, 11) is 0. The molecule has 0 radical (unpaired) electrons. The number of aryl methyl sites for hydroxylation is 1. The van der Waals surface area contributed by atoms with Crippen LogP contribution >= 0.6 is 11.8 Å². The Labute approximate surface area is 310 Å². The van der Waals surface area contributed by atoms with Crippen molar-refractivity contribution in [2.75, 3.05) is 18.1 Å². The number of rotatable bonds is 15. The van der Waals surface area contributed by atoms with Crippen molar-refractivity contribution in [3.05, 3.63) is 85.5 Å². The number of likely N-dealkylation sites (tertiary alicyclic amines) is 1. The molecule has 52 heavy (non-hydrogen) atoms. The minimum absolute atomic E-state index is 0.0822. The van der Waals surface area contributed by atoms with Crippen molar-refractivity contribution in [2.24, 2.45) is 5.92 Å². The summed E-state index contributed by atoms with van der Waals surface area (Å²) in [6, 6.07) is 15.7. The number of thioether (sulfide) groups is 1. The molecule has 1 aliphatic carbocycles. The highest BCUT2D eigenvalue weighted by atomic mass is 32.2. The van der Waals surface area contributed by atoms with Crippen LogP contribution in [0.3, 0.4) is 0 Å². The van der Waals surface area contributed by atoms with Crippen LogP contribution in [0.1, 0.15) is 58.9 Å². The van der Waals surface area contributed by atoms with E-state index in [1.165, 1.54) is 23.6 Å². The largest absolute Gasteiger partial charge is 0.488 e. The minimum Gasteiger partial charge on any atom is -0.488 e. The summed E-state index contributed by atoms with van der Waals surface area (Å²) in [6.45, 7) is 16.4. The van der Waals surface area contributed by atoms with E-state index in [0.29, 0.717) is 12.2 Å². The Morgan fingerprint density at radius 1 is 1.12 bits per heavy atom. The van der Waals surface area contributed by atoms with Gasteiger partial charge in [-0.2, -0.15) is 11.8 Å². The standard InChI is InChI=1S/C41H50N4O6S/c1-8-10-14-19-52-25-34(43-39(49)51-40(5,6)7)38(48)45-24-30(21-35(45)37(47)44-41(27(4)46)23-29(41)9-2)50-36-22-32(28-15-12-11-13-16-28)42-33-20-26(3)17-18-31(33)36/h8-9,11-13,15-18,20,22,29-30,34-35H,1-2,10,14,19,21,23-25H2,3-7H3,(H,43,49)(H,44,47). The molecule has 2 heterocycles. The van der Waals surface area contributed by atoms with E-state index >= 15 is 0 Å². The molecule has 3 amide bonds. The number of carbonyl (C=O) groups is 4. The lowest BCUT2D eigenvalue weighted by atomic mass is 10.1. The van der Waals surface area contributed by atoms with Gasteiger partial charge in [0.15, 0.2) is 5.78 Å². The number of carbonyl (C=O) groups excluding carboxylic acids is 4. The Kier molecular flexibility index (Phi) is 12.1. The third kappa shape index (κ3) is 9.23. The summed E-state index contributed by atoms with van der Waals surface area (Å²) in [5.41, 5.74) is 1.64. The second-order valence-electron chi connectivity index (χ2n) is 14.6. The molecular formula is C41H50N4O6S. The molecule has 10 nitrogen and oxygen atoms in total. The molecule has 5 unspecified atom stereocenters. The van der Waals surface area contributed by atoms with Gasteiger partial charge in [-0.05, 0) is 77.3 Å². The Hall–Kier alpha value is -4.64. The van der Waals surface area contributed by atoms with Crippen LogP contribution in [0.4, 0.5) is 4.79 Å². The number of nitrogens with one attached hydrogen (secondary N) is 2. The quantitative estimate of drug-likeness (QED) is 0.129. The van der Waals surface area contributed by atoms with E-state index in [0.717, 1.165) is 46.3 Å². The van der Waals surface area contributed by atoms with Gasteiger partial charge in [0.25, 0.3) is 0 Å². The number of fused-ring (bicyclic) bond motifs is 1. The lowest BCUT2D eigenvalue weighted by molar-refractivity contribution is -0.140. The first kappa shape index (κ1) is 38.6. The first-order valence-corrected chi connectivity index (χ1v) is 19.0. The van der Waals surface area contributed by atoms with E-state index in [4.69, 9.17) is 14.5 Å². The van der Waals surface area contributed by atoms with Gasteiger partial charge in [0, 0.05) is 35.1 Å². The Balaban J connectivity index is 1.47. The Bertz CT molecular complexity index is 1820. The van der Waals surface area contributed by atoms with Gasteiger partial charge in [-0.15, -0.1) is 13.2 Å². The van der Waals surface area contributed by atoms with Gasteiger partial charge in [-0.25, -0.2) is 9.78 Å². The molecule has 1 saturated carbocycles. The fourth-order valence-electron chi connectivity index (χ4n) is 6.58. The summed E-state index contributed by atoms with van der Waals surface area (Å²) in [6.07, 6.45) is 4.54. The van der Waals surface area contributed by atoms with E-state index in [9.17, 15) is 19.2 Å². The number of alkyl carbamates (subject to hydrolysis) is 1. The molecule has 2 fully saturated rings. The average molecular weight is 727 g/mol. The van der Waals surface area contributed by atoms with Crippen molar-refractivity contribution in [3.8, 4) is 17.0 Å². The molecule has 2 N–H and O–H groups in total. The van der Waals surface area contributed by atoms with E-state index in [1.54, 1.807) is 26.8 Å². The van der Waals surface area contributed by atoms with Gasteiger partial charge in [-0.1, -0.05) is 48.6 Å². The molecule has 0 spiro atoms. The molecule has 276 valence electrons. The summed E-state index contributed by atoms with van der Waals surface area (Å²) >= 11 is 1.53. The molecule has 2 aliphatic rings. The highest BCUT2D eigenvalue weighted by molar-refractivity contribution is 7.99. The zero-order chi connectivity index (χ0) is 37.6. The molecule has 5 rings (SSSR count). The summed E-state index contributed by atoms with van der Waals surface area (Å²) in [4.78, 5) is 60.8. The van der Waals surface area contributed by atoms with Crippen LogP contribution in [0.5, 0.6) is 5.75 Å². The Morgan fingerprint density at radius 3 is 2.52 bits per heavy atom. The number of pyridine rings is 1. The van der Waals surface area contributed by atoms with E-state index in [2.05, 4.69) is 23.8 Å². The first-order valence-electron chi connectivity index (χ1n) is 17.8. The molecular weight excluding hydrogens is 677 g/mol. The third-order valence-corrected chi connectivity index (χ3v) is 10.5. The SMILES string of the molecule is C=CCCCSCC(NC(=O)OC(C)(C)C)C(=O)N1CC(Oc2cc(-c3ccccc3)nc3cc(C)ccc23)CC1C(=O)NC1(C(C)=O)CC1C=C. The van der Waals surface area contributed by atoms with Gasteiger partial charge in [0.2, 0.25) is 11.8 Å². The van der Waals surface area contributed by atoms with Crippen LogP contribution in [0.15, 0.2) is 79.9 Å². The first-order chi connectivity index (χ1) is 24.7. The maximum Gasteiger partial charge on any atom is 0.408 e. The molecule has 2 aromatic carbocycles. The molecule has 5 atom stereocenters. The predicted molar refractivity (Wildman–Crippen MR) is 206 cm³/mol. The fourth-order valence-corrected chi connectivity index (χ4v) is 7.58.